The lowest BCUT2D eigenvalue weighted by Crippen LogP contribution is -2.33. The molecule has 6 nitrogen and oxygen atoms in total. The molecule has 25 heavy (non-hydrogen) atoms. The fourth-order valence-corrected chi connectivity index (χ4v) is 3.18. The Hall–Kier alpha value is -2.48. The number of benzene rings is 1. The second kappa shape index (κ2) is 6.44. The predicted molar refractivity (Wildman–Crippen MR) is 96.2 cm³/mol. The minimum atomic E-state index is -0.929. The van der Waals surface area contributed by atoms with Crippen molar-refractivity contribution < 1.29 is 9.18 Å². The maximum Gasteiger partial charge on any atom is 0.321 e. The number of nitrogens with one attached hydrogen (secondary N) is 1. The van der Waals surface area contributed by atoms with Crippen molar-refractivity contribution in [3.63, 3.8) is 0 Å². The van der Waals surface area contributed by atoms with E-state index in [4.69, 9.17) is 0 Å². The van der Waals surface area contributed by atoms with E-state index in [2.05, 4.69) is 31.2 Å². The highest BCUT2D eigenvalue weighted by Gasteiger charge is 2.25. The average Bonchev–Trinajstić information content (AvgIpc) is 3.21. The van der Waals surface area contributed by atoms with Gasteiger partial charge in [-0.3, -0.25) is 4.40 Å². The van der Waals surface area contributed by atoms with Crippen LogP contribution in [-0.2, 0) is 0 Å². The lowest BCUT2D eigenvalue weighted by molar-refractivity contribution is 0.218. The molecule has 1 fully saturated rings. The molecule has 0 radical (unpaired) electrons. The molecular formula is C17H15BrFN5O. The van der Waals surface area contributed by atoms with Crippen LogP contribution in [0, 0.1) is 0 Å². The largest absolute Gasteiger partial charge is 0.322 e. The van der Waals surface area contributed by atoms with Crippen LogP contribution in [0.3, 0.4) is 0 Å². The van der Waals surface area contributed by atoms with Crippen molar-refractivity contribution in [2.45, 2.75) is 12.6 Å². The van der Waals surface area contributed by atoms with Crippen LogP contribution in [-0.4, -0.2) is 44.6 Å². The van der Waals surface area contributed by atoms with Gasteiger partial charge in [-0.05, 0) is 34.5 Å². The first kappa shape index (κ1) is 16.0. The summed E-state index contributed by atoms with van der Waals surface area (Å²) in [7, 11) is 0. The van der Waals surface area contributed by atoms with Gasteiger partial charge in [-0.25, -0.2) is 19.2 Å². The molecule has 3 aromatic rings. The Balaban J connectivity index is 1.57. The van der Waals surface area contributed by atoms with Crippen LogP contribution in [0.1, 0.15) is 6.42 Å². The Kier molecular flexibility index (Phi) is 4.12. The zero-order chi connectivity index (χ0) is 17.4. The third kappa shape index (κ3) is 3.34. The van der Waals surface area contributed by atoms with Gasteiger partial charge in [0.2, 0.25) is 5.78 Å². The van der Waals surface area contributed by atoms with Crippen LogP contribution >= 0.6 is 15.9 Å². The monoisotopic (exact) mass is 403 g/mol. The quantitative estimate of drug-likeness (QED) is 0.708. The number of aromatic nitrogens is 3. The Labute approximate surface area is 151 Å². The van der Waals surface area contributed by atoms with Crippen LogP contribution < -0.4 is 5.32 Å². The van der Waals surface area contributed by atoms with Gasteiger partial charge in [-0.15, -0.1) is 0 Å². The van der Waals surface area contributed by atoms with Gasteiger partial charge in [0.25, 0.3) is 0 Å². The topological polar surface area (TPSA) is 62.5 Å². The summed E-state index contributed by atoms with van der Waals surface area (Å²) in [6.07, 6.45) is 4.92. The molecule has 1 atom stereocenters. The summed E-state index contributed by atoms with van der Waals surface area (Å²) >= 11 is 3.38. The molecular weight excluding hydrogens is 389 g/mol. The number of imidazole rings is 1. The first-order valence-corrected chi connectivity index (χ1v) is 8.68. The molecule has 4 rings (SSSR count). The Morgan fingerprint density at radius 2 is 2.24 bits per heavy atom. The molecule has 0 bridgehead atoms. The molecule has 1 aliphatic rings. The van der Waals surface area contributed by atoms with Crippen molar-refractivity contribution in [1.82, 2.24) is 19.3 Å². The molecule has 2 aromatic heterocycles. The number of nitrogens with zero attached hydrogens (tertiary/aromatic N) is 4. The van der Waals surface area contributed by atoms with E-state index in [1.165, 1.54) is 4.90 Å². The molecule has 2 amide bonds. The average molecular weight is 404 g/mol. The zero-order valence-electron chi connectivity index (χ0n) is 13.2. The van der Waals surface area contributed by atoms with E-state index >= 15 is 0 Å². The number of likely N-dealkylation sites (tertiary alicyclic amines) is 1. The number of alkyl halides is 1. The number of hydrogen-bond donors (Lipinski definition) is 1. The first-order valence-electron chi connectivity index (χ1n) is 7.89. The Morgan fingerprint density at radius 3 is 3.04 bits per heavy atom. The second-order valence-corrected chi connectivity index (χ2v) is 6.86. The van der Waals surface area contributed by atoms with Crippen molar-refractivity contribution in [1.29, 1.82) is 0 Å². The number of rotatable bonds is 2. The predicted octanol–water partition coefficient (Wildman–Crippen LogP) is 3.73. The van der Waals surface area contributed by atoms with Gasteiger partial charge in [-0.1, -0.05) is 12.1 Å². The number of amides is 2. The van der Waals surface area contributed by atoms with Gasteiger partial charge in [-0.2, -0.15) is 0 Å². The minimum absolute atomic E-state index is 0.151. The van der Waals surface area contributed by atoms with Crippen molar-refractivity contribution >= 4 is 33.4 Å². The molecule has 0 saturated carbocycles. The van der Waals surface area contributed by atoms with Gasteiger partial charge in [0.05, 0.1) is 16.7 Å². The molecule has 1 N–H and O–H groups in total. The molecule has 0 spiro atoms. The van der Waals surface area contributed by atoms with Crippen LogP contribution in [0.2, 0.25) is 0 Å². The maximum atomic E-state index is 13.2. The third-order valence-corrected chi connectivity index (χ3v) is 4.52. The molecule has 3 heterocycles. The number of anilines is 1. The highest BCUT2D eigenvalue weighted by Crippen LogP contribution is 2.23. The SMILES string of the molecule is O=C(Nc1cccc(-c2cn3cc(Br)cnc3n2)c1)N1CCC(F)C1. The van der Waals surface area contributed by atoms with Crippen LogP contribution in [0.25, 0.3) is 17.0 Å². The van der Waals surface area contributed by atoms with Gasteiger partial charge in [0.15, 0.2) is 0 Å². The first-order chi connectivity index (χ1) is 12.1. The summed E-state index contributed by atoms with van der Waals surface area (Å²) in [6.45, 7) is 0.595. The second-order valence-electron chi connectivity index (χ2n) is 5.95. The number of urea groups is 1. The standard InChI is InChI=1S/C17H15BrFN5O/c18-12-7-20-16-22-15(10-24(16)8-12)11-2-1-3-14(6-11)21-17(25)23-5-4-13(19)9-23/h1-3,6-8,10,13H,4-5,9H2,(H,21,25). The van der Waals surface area contributed by atoms with Crippen LogP contribution in [0.5, 0.6) is 0 Å². The molecule has 1 saturated heterocycles. The van der Waals surface area contributed by atoms with E-state index in [1.807, 2.05) is 35.0 Å². The van der Waals surface area contributed by atoms with Gasteiger partial charge < -0.3 is 10.2 Å². The van der Waals surface area contributed by atoms with Gasteiger partial charge >= 0.3 is 6.03 Å². The lowest BCUT2D eigenvalue weighted by atomic mass is 10.1. The van der Waals surface area contributed by atoms with E-state index in [0.717, 1.165) is 15.7 Å². The third-order valence-electron chi connectivity index (χ3n) is 4.11. The van der Waals surface area contributed by atoms with Crippen LogP contribution in [0.4, 0.5) is 14.9 Å². The van der Waals surface area contributed by atoms with E-state index in [0.29, 0.717) is 24.4 Å². The smallest absolute Gasteiger partial charge is 0.321 e. The number of fused-ring (bicyclic) bond motifs is 1. The molecule has 8 heteroatoms. The van der Waals surface area contributed by atoms with E-state index in [9.17, 15) is 9.18 Å². The van der Waals surface area contributed by atoms with Gasteiger partial charge in [0.1, 0.15) is 6.17 Å². The summed E-state index contributed by atoms with van der Waals surface area (Å²) in [5, 5.41) is 2.82. The maximum absolute atomic E-state index is 13.2. The molecule has 1 aliphatic heterocycles. The highest BCUT2D eigenvalue weighted by atomic mass is 79.9. The number of carbonyl (C=O) groups excluding carboxylic acids is 1. The molecule has 1 unspecified atom stereocenters. The van der Waals surface area contributed by atoms with Gasteiger partial charge in [0, 0.05) is 36.4 Å². The number of carbonyl (C=O) groups is 1. The fourth-order valence-electron chi connectivity index (χ4n) is 2.86. The summed E-state index contributed by atoms with van der Waals surface area (Å²) in [6, 6.07) is 7.13. The Bertz CT molecular complexity index is 944. The van der Waals surface area contributed by atoms with Crippen molar-refractivity contribution in [3.05, 3.63) is 47.3 Å². The Morgan fingerprint density at radius 1 is 1.36 bits per heavy atom. The van der Waals surface area contributed by atoms with Crippen molar-refractivity contribution in [2.24, 2.45) is 0 Å². The molecule has 128 valence electrons. The summed E-state index contributed by atoms with van der Waals surface area (Å²) in [5.41, 5.74) is 2.27. The van der Waals surface area contributed by atoms with Crippen molar-refractivity contribution in [3.8, 4) is 11.3 Å². The lowest BCUT2D eigenvalue weighted by Gasteiger charge is -2.16. The summed E-state index contributed by atoms with van der Waals surface area (Å²) in [4.78, 5) is 22.4. The van der Waals surface area contributed by atoms with Crippen LogP contribution in [0.15, 0.2) is 47.3 Å². The minimum Gasteiger partial charge on any atom is -0.322 e. The summed E-state index contributed by atoms with van der Waals surface area (Å²) < 4.78 is 15.9. The number of hydrogen-bond acceptors (Lipinski definition) is 3. The summed E-state index contributed by atoms with van der Waals surface area (Å²) in [5.74, 6) is 0.596. The zero-order valence-corrected chi connectivity index (χ0v) is 14.8. The fraction of sp³-hybridized carbons (Fsp3) is 0.235. The van der Waals surface area contributed by atoms with E-state index < -0.39 is 6.17 Å². The van der Waals surface area contributed by atoms with Crippen molar-refractivity contribution in [2.75, 3.05) is 18.4 Å². The number of halogens is 2. The van der Waals surface area contributed by atoms with E-state index in [-0.39, 0.29) is 12.6 Å². The van der Waals surface area contributed by atoms with E-state index in [1.54, 1.807) is 12.3 Å². The highest BCUT2D eigenvalue weighted by molar-refractivity contribution is 9.10. The normalized spacial score (nSPS) is 17.2. The molecule has 1 aromatic carbocycles. The molecule has 0 aliphatic carbocycles.